The van der Waals surface area contributed by atoms with Crippen molar-refractivity contribution in [2.45, 2.75) is 42.2 Å². The summed E-state index contributed by atoms with van der Waals surface area (Å²) in [5.41, 5.74) is 11.3. The van der Waals surface area contributed by atoms with Gasteiger partial charge in [0.1, 0.15) is 0 Å². The van der Waals surface area contributed by atoms with E-state index in [-0.39, 0.29) is 0 Å². The minimum Gasteiger partial charge on any atom is -0.398 e. The average molecular weight is 462 g/mol. The van der Waals surface area contributed by atoms with Crippen LogP contribution in [0.2, 0.25) is 0 Å². The Morgan fingerprint density at radius 3 is 2.52 bits per heavy atom. The van der Waals surface area contributed by atoms with Gasteiger partial charge in [-0.25, -0.2) is 9.97 Å². The highest BCUT2D eigenvalue weighted by molar-refractivity contribution is 8.00. The number of thioether (sulfide) groups is 1. The standard InChI is InChI=1S/C26H31N5OS/c27-23-18-19(6-11-25(23)33-22-4-2-1-3-5-22)24-12-13-28-26(30-24)29-20-7-9-21(10-8-20)31-14-16-32-17-15-31/h6-13,18,22H,1-5,14-17,27H2,(H,28,29,30). The topological polar surface area (TPSA) is 76.3 Å². The fourth-order valence-electron chi connectivity index (χ4n) is 4.46. The van der Waals surface area contributed by atoms with E-state index in [1.165, 1.54) is 42.7 Å². The number of anilines is 4. The smallest absolute Gasteiger partial charge is 0.227 e. The van der Waals surface area contributed by atoms with Gasteiger partial charge in [-0.2, -0.15) is 0 Å². The fourth-order valence-corrected chi connectivity index (χ4v) is 5.73. The lowest BCUT2D eigenvalue weighted by Gasteiger charge is -2.28. The largest absolute Gasteiger partial charge is 0.398 e. The Bertz CT molecular complexity index is 1060. The van der Waals surface area contributed by atoms with Crippen molar-refractivity contribution in [3.05, 3.63) is 54.7 Å². The summed E-state index contributed by atoms with van der Waals surface area (Å²) in [5.74, 6) is 0.575. The molecule has 0 atom stereocenters. The third kappa shape index (κ3) is 5.60. The van der Waals surface area contributed by atoms with Gasteiger partial charge in [-0.3, -0.25) is 0 Å². The molecule has 2 fully saturated rings. The molecule has 0 unspecified atom stereocenters. The quantitative estimate of drug-likeness (QED) is 0.454. The number of morpholine rings is 1. The monoisotopic (exact) mass is 461 g/mol. The second-order valence-corrected chi connectivity index (χ2v) is 10.0. The molecule has 7 heteroatoms. The summed E-state index contributed by atoms with van der Waals surface area (Å²) >= 11 is 1.93. The zero-order valence-electron chi connectivity index (χ0n) is 18.9. The first-order valence-electron chi connectivity index (χ1n) is 11.8. The second-order valence-electron chi connectivity index (χ2n) is 8.67. The molecule has 1 aliphatic heterocycles. The Morgan fingerprint density at radius 1 is 0.970 bits per heavy atom. The third-order valence-corrected chi connectivity index (χ3v) is 7.74. The highest BCUT2D eigenvalue weighted by Gasteiger charge is 2.16. The van der Waals surface area contributed by atoms with E-state index in [4.69, 9.17) is 15.5 Å². The first-order chi connectivity index (χ1) is 16.2. The molecule has 0 bridgehead atoms. The maximum atomic E-state index is 6.42. The van der Waals surface area contributed by atoms with E-state index in [1.807, 2.05) is 23.9 Å². The van der Waals surface area contributed by atoms with Gasteiger partial charge >= 0.3 is 0 Å². The normalized spacial score (nSPS) is 17.2. The van der Waals surface area contributed by atoms with Crippen molar-refractivity contribution < 1.29 is 4.74 Å². The van der Waals surface area contributed by atoms with E-state index < -0.39 is 0 Å². The van der Waals surface area contributed by atoms with Crippen LogP contribution in [-0.2, 0) is 4.74 Å². The number of hydrogen-bond donors (Lipinski definition) is 2. The van der Waals surface area contributed by atoms with Gasteiger partial charge in [-0.1, -0.05) is 25.3 Å². The molecule has 2 aliphatic rings. The van der Waals surface area contributed by atoms with Crippen LogP contribution in [0.5, 0.6) is 0 Å². The van der Waals surface area contributed by atoms with E-state index in [9.17, 15) is 0 Å². The molecule has 3 aromatic rings. The van der Waals surface area contributed by atoms with E-state index in [1.54, 1.807) is 6.20 Å². The highest BCUT2D eigenvalue weighted by Crippen LogP contribution is 2.37. The summed E-state index contributed by atoms with van der Waals surface area (Å²) in [6.45, 7) is 3.43. The Balaban J connectivity index is 1.26. The summed E-state index contributed by atoms with van der Waals surface area (Å²) in [6, 6.07) is 16.6. The van der Waals surface area contributed by atoms with E-state index in [0.717, 1.165) is 48.9 Å². The van der Waals surface area contributed by atoms with Gasteiger partial charge in [0.2, 0.25) is 5.95 Å². The maximum Gasteiger partial charge on any atom is 0.227 e. The molecule has 0 amide bonds. The lowest BCUT2D eigenvalue weighted by molar-refractivity contribution is 0.122. The third-order valence-electron chi connectivity index (χ3n) is 6.31. The zero-order valence-corrected chi connectivity index (χ0v) is 19.7. The highest BCUT2D eigenvalue weighted by atomic mass is 32.2. The van der Waals surface area contributed by atoms with Crippen LogP contribution in [0.15, 0.2) is 59.6 Å². The van der Waals surface area contributed by atoms with Gasteiger partial charge in [0.25, 0.3) is 0 Å². The molecular formula is C26H31N5OS. The molecule has 0 spiro atoms. The van der Waals surface area contributed by atoms with Crippen LogP contribution in [0.1, 0.15) is 32.1 Å². The number of rotatable bonds is 6. The molecule has 3 N–H and O–H groups in total. The minimum absolute atomic E-state index is 0.575. The summed E-state index contributed by atoms with van der Waals surface area (Å²) < 4.78 is 5.44. The van der Waals surface area contributed by atoms with Crippen molar-refractivity contribution in [2.24, 2.45) is 0 Å². The van der Waals surface area contributed by atoms with Crippen LogP contribution in [0.25, 0.3) is 11.3 Å². The van der Waals surface area contributed by atoms with Gasteiger partial charge in [0.15, 0.2) is 0 Å². The van der Waals surface area contributed by atoms with Gasteiger partial charge in [-0.15, -0.1) is 11.8 Å². The van der Waals surface area contributed by atoms with E-state index in [2.05, 4.69) is 51.6 Å². The first-order valence-corrected chi connectivity index (χ1v) is 12.7. The molecule has 1 saturated carbocycles. The van der Waals surface area contributed by atoms with Gasteiger partial charge in [-0.05, 0) is 55.3 Å². The van der Waals surface area contributed by atoms with Crippen molar-refractivity contribution in [1.82, 2.24) is 9.97 Å². The Kier molecular flexibility index (Phi) is 6.98. The SMILES string of the molecule is Nc1cc(-c2ccnc(Nc3ccc(N4CCOCC4)cc3)n2)ccc1SC1CCCCC1. The number of nitrogens with one attached hydrogen (secondary N) is 1. The van der Waals surface area contributed by atoms with Crippen molar-refractivity contribution >= 4 is 34.8 Å². The lowest BCUT2D eigenvalue weighted by atomic mass is 10.0. The molecule has 33 heavy (non-hydrogen) atoms. The van der Waals surface area contributed by atoms with Crippen LogP contribution in [-0.4, -0.2) is 41.5 Å². The lowest BCUT2D eigenvalue weighted by Crippen LogP contribution is -2.36. The fraction of sp³-hybridized carbons (Fsp3) is 0.385. The van der Waals surface area contributed by atoms with Crippen LogP contribution in [0.4, 0.5) is 23.0 Å². The number of nitrogens with two attached hydrogens (primary N) is 1. The molecule has 0 radical (unpaired) electrons. The van der Waals surface area contributed by atoms with Crippen LogP contribution >= 0.6 is 11.8 Å². The van der Waals surface area contributed by atoms with Crippen LogP contribution in [0, 0.1) is 0 Å². The Hall–Kier alpha value is -2.77. The second kappa shape index (κ2) is 10.4. The van der Waals surface area contributed by atoms with Crippen molar-refractivity contribution in [3.8, 4) is 11.3 Å². The summed E-state index contributed by atoms with van der Waals surface area (Å²) in [4.78, 5) is 12.6. The average Bonchev–Trinajstić information content (AvgIpc) is 2.87. The molecule has 2 aromatic carbocycles. The Morgan fingerprint density at radius 2 is 1.76 bits per heavy atom. The van der Waals surface area contributed by atoms with Crippen LogP contribution in [0.3, 0.4) is 0 Å². The predicted molar refractivity (Wildman–Crippen MR) is 137 cm³/mol. The number of hydrogen-bond acceptors (Lipinski definition) is 7. The molecule has 2 heterocycles. The van der Waals surface area contributed by atoms with Gasteiger partial charge in [0, 0.05) is 52.1 Å². The van der Waals surface area contributed by atoms with Gasteiger partial charge < -0.3 is 20.7 Å². The zero-order chi connectivity index (χ0) is 22.5. The maximum absolute atomic E-state index is 6.42. The molecule has 1 saturated heterocycles. The number of aromatic nitrogens is 2. The summed E-state index contributed by atoms with van der Waals surface area (Å²) in [5, 5.41) is 4.01. The molecule has 1 aromatic heterocycles. The Labute approximate surface area is 200 Å². The summed E-state index contributed by atoms with van der Waals surface area (Å²) in [6.07, 6.45) is 8.41. The number of benzene rings is 2. The van der Waals surface area contributed by atoms with E-state index in [0.29, 0.717) is 11.2 Å². The molecule has 172 valence electrons. The molecule has 5 rings (SSSR count). The van der Waals surface area contributed by atoms with Gasteiger partial charge in [0.05, 0.1) is 18.9 Å². The van der Waals surface area contributed by atoms with Crippen molar-refractivity contribution in [3.63, 3.8) is 0 Å². The number of nitrogens with zero attached hydrogens (tertiary/aromatic N) is 3. The molecule has 6 nitrogen and oxygen atoms in total. The molecule has 1 aliphatic carbocycles. The van der Waals surface area contributed by atoms with E-state index >= 15 is 0 Å². The summed E-state index contributed by atoms with van der Waals surface area (Å²) in [7, 11) is 0. The van der Waals surface area contributed by atoms with Crippen molar-refractivity contribution in [1.29, 1.82) is 0 Å². The number of ether oxygens (including phenoxy) is 1. The van der Waals surface area contributed by atoms with Crippen LogP contribution < -0.4 is 16.0 Å². The first kappa shape index (κ1) is 22.0. The van der Waals surface area contributed by atoms with Crippen molar-refractivity contribution in [2.75, 3.05) is 42.3 Å². The molecular weight excluding hydrogens is 430 g/mol. The number of nitrogen functional groups attached to an aromatic ring is 1. The minimum atomic E-state index is 0.575. The predicted octanol–water partition coefficient (Wildman–Crippen LogP) is 5.73.